The summed E-state index contributed by atoms with van der Waals surface area (Å²) in [5.74, 6) is -1.14. The second-order valence-corrected chi connectivity index (χ2v) is 7.85. The molecule has 4 nitrogen and oxygen atoms in total. The standard InChI is InChI=1S/C22H21ClF3NO3/c1-2-27(21(30)14-3-4-14)12-16-10-17(22(24,25)26)5-6-19(16)15-7-13(9-20(28)29)8-18(23)11-15/h5-8,10-11,14H,2-4,9,12H2,1H3,(H,28,29). The molecule has 0 heterocycles. The van der Waals surface area contributed by atoms with Gasteiger partial charge in [0.2, 0.25) is 5.91 Å². The first-order valence-corrected chi connectivity index (χ1v) is 9.96. The quantitative estimate of drug-likeness (QED) is 0.627. The summed E-state index contributed by atoms with van der Waals surface area (Å²) in [6.07, 6.45) is -3.17. The SMILES string of the molecule is CCN(Cc1cc(C(F)(F)F)ccc1-c1cc(Cl)cc(CC(=O)O)c1)C(=O)C1CC1. The number of rotatable bonds is 7. The molecule has 0 unspecified atom stereocenters. The van der Waals surface area contributed by atoms with Crippen molar-refractivity contribution in [1.29, 1.82) is 0 Å². The van der Waals surface area contributed by atoms with E-state index in [1.165, 1.54) is 12.1 Å². The minimum atomic E-state index is -4.52. The van der Waals surface area contributed by atoms with Gasteiger partial charge in [0.05, 0.1) is 12.0 Å². The molecule has 1 aliphatic rings. The lowest BCUT2D eigenvalue weighted by Crippen LogP contribution is -2.31. The summed E-state index contributed by atoms with van der Waals surface area (Å²) < 4.78 is 40.0. The molecule has 0 radical (unpaired) electrons. The van der Waals surface area contributed by atoms with Crippen molar-refractivity contribution in [2.24, 2.45) is 5.92 Å². The summed E-state index contributed by atoms with van der Waals surface area (Å²) in [7, 11) is 0. The summed E-state index contributed by atoms with van der Waals surface area (Å²) >= 11 is 6.14. The molecular formula is C22H21ClF3NO3. The van der Waals surface area contributed by atoms with Crippen LogP contribution >= 0.6 is 11.6 Å². The number of benzene rings is 2. The van der Waals surface area contributed by atoms with E-state index >= 15 is 0 Å². The van der Waals surface area contributed by atoms with Gasteiger partial charge in [-0.05, 0) is 66.3 Å². The van der Waals surface area contributed by atoms with Crippen molar-refractivity contribution >= 4 is 23.5 Å². The van der Waals surface area contributed by atoms with E-state index in [1.807, 2.05) is 0 Å². The molecule has 1 fully saturated rings. The molecule has 0 saturated heterocycles. The number of nitrogens with zero attached hydrogens (tertiary/aromatic N) is 1. The average Bonchev–Trinajstić information content (AvgIpc) is 3.48. The van der Waals surface area contributed by atoms with Crippen LogP contribution in [0.1, 0.15) is 36.5 Å². The van der Waals surface area contributed by atoms with Gasteiger partial charge in [0.1, 0.15) is 0 Å². The lowest BCUT2D eigenvalue weighted by molar-refractivity contribution is -0.138. The van der Waals surface area contributed by atoms with Gasteiger partial charge in [-0.2, -0.15) is 13.2 Å². The Hall–Kier alpha value is -2.54. The van der Waals surface area contributed by atoms with Crippen LogP contribution < -0.4 is 0 Å². The number of halogens is 4. The molecule has 8 heteroatoms. The fourth-order valence-electron chi connectivity index (χ4n) is 3.40. The summed E-state index contributed by atoms with van der Waals surface area (Å²) in [6.45, 7) is 2.20. The van der Waals surface area contributed by atoms with Crippen molar-refractivity contribution in [2.45, 2.75) is 38.9 Å². The zero-order chi connectivity index (χ0) is 22.1. The number of carboxylic acids is 1. The smallest absolute Gasteiger partial charge is 0.416 e. The highest BCUT2D eigenvalue weighted by molar-refractivity contribution is 6.31. The van der Waals surface area contributed by atoms with Crippen molar-refractivity contribution < 1.29 is 27.9 Å². The predicted octanol–water partition coefficient (Wildman–Crippen LogP) is 5.41. The van der Waals surface area contributed by atoms with Crippen molar-refractivity contribution in [3.8, 4) is 11.1 Å². The largest absolute Gasteiger partial charge is 0.481 e. The van der Waals surface area contributed by atoms with Gasteiger partial charge in [-0.3, -0.25) is 9.59 Å². The fraction of sp³-hybridized carbons (Fsp3) is 0.364. The molecule has 0 bridgehead atoms. The summed E-state index contributed by atoms with van der Waals surface area (Å²) in [5.41, 5.74) is 0.974. The summed E-state index contributed by atoms with van der Waals surface area (Å²) in [6, 6.07) is 8.08. The molecule has 2 aromatic carbocycles. The van der Waals surface area contributed by atoms with Gasteiger partial charge >= 0.3 is 12.1 Å². The molecule has 1 aliphatic carbocycles. The van der Waals surface area contributed by atoms with E-state index in [0.29, 0.717) is 28.8 Å². The van der Waals surface area contributed by atoms with Crippen LogP contribution in [-0.4, -0.2) is 28.4 Å². The number of amides is 1. The van der Waals surface area contributed by atoms with Crippen LogP contribution in [0.2, 0.25) is 5.02 Å². The van der Waals surface area contributed by atoms with Gasteiger partial charge in [-0.15, -0.1) is 0 Å². The zero-order valence-electron chi connectivity index (χ0n) is 16.3. The third-order valence-electron chi connectivity index (χ3n) is 5.04. The average molecular weight is 440 g/mol. The Kier molecular flexibility index (Phi) is 6.41. The molecule has 30 heavy (non-hydrogen) atoms. The Morgan fingerprint density at radius 1 is 1.17 bits per heavy atom. The van der Waals surface area contributed by atoms with E-state index < -0.39 is 17.7 Å². The number of aliphatic carboxylic acids is 1. The van der Waals surface area contributed by atoms with Gasteiger partial charge in [0.15, 0.2) is 0 Å². The molecule has 1 N–H and O–H groups in total. The first-order chi connectivity index (χ1) is 14.1. The number of alkyl halides is 3. The van der Waals surface area contributed by atoms with Crippen molar-refractivity contribution in [1.82, 2.24) is 4.90 Å². The number of carboxylic acid groups (broad SMARTS) is 1. The van der Waals surface area contributed by atoms with Crippen LogP contribution in [-0.2, 0) is 28.7 Å². The Bertz CT molecular complexity index is 971. The zero-order valence-corrected chi connectivity index (χ0v) is 17.1. The Labute approximate surface area is 177 Å². The molecule has 2 aromatic rings. The molecule has 0 aliphatic heterocycles. The first-order valence-electron chi connectivity index (χ1n) is 9.59. The highest BCUT2D eigenvalue weighted by atomic mass is 35.5. The molecule has 1 amide bonds. The third kappa shape index (κ3) is 5.33. The van der Waals surface area contributed by atoms with Gasteiger partial charge < -0.3 is 10.0 Å². The second-order valence-electron chi connectivity index (χ2n) is 7.42. The Morgan fingerprint density at radius 2 is 1.87 bits per heavy atom. The fourth-order valence-corrected chi connectivity index (χ4v) is 3.66. The van der Waals surface area contributed by atoms with E-state index in [-0.39, 0.29) is 29.8 Å². The van der Waals surface area contributed by atoms with Gasteiger partial charge in [0.25, 0.3) is 0 Å². The Morgan fingerprint density at radius 3 is 2.43 bits per heavy atom. The van der Waals surface area contributed by atoms with E-state index in [0.717, 1.165) is 25.0 Å². The summed E-state index contributed by atoms with van der Waals surface area (Å²) in [5, 5.41) is 9.35. The van der Waals surface area contributed by atoms with Crippen molar-refractivity contribution in [2.75, 3.05) is 6.54 Å². The first kappa shape index (κ1) is 22.2. The maximum absolute atomic E-state index is 13.3. The van der Waals surface area contributed by atoms with E-state index in [9.17, 15) is 22.8 Å². The summed E-state index contributed by atoms with van der Waals surface area (Å²) in [4.78, 5) is 25.1. The Balaban J connectivity index is 2.06. The minimum Gasteiger partial charge on any atom is -0.481 e. The molecule has 1 saturated carbocycles. The maximum Gasteiger partial charge on any atom is 0.416 e. The van der Waals surface area contributed by atoms with Crippen LogP contribution in [0.3, 0.4) is 0 Å². The van der Waals surface area contributed by atoms with Crippen LogP contribution in [0.25, 0.3) is 11.1 Å². The number of carbonyl (C=O) groups is 2. The van der Waals surface area contributed by atoms with E-state index in [1.54, 1.807) is 24.0 Å². The van der Waals surface area contributed by atoms with Crippen LogP contribution in [0.5, 0.6) is 0 Å². The van der Waals surface area contributed by atoms with Gasteiger partial charge in [0, 0.05) is 24.0 Å². The van der Waals surface area contributed by atoms with Gasteiger partial charge in [-0.25, -0.2) is 0 Å². The van der Waals surface area contributed by atoms with Gasteiger partial charge in [-0.1, -0.05) is 23.7 Å². The maximum atomic E-state index is 13.3. The van der Waals surface area contributed by atoms with E-state index in [4.69, 9.17) is 16.7 Å². The van der Waals surface area contributed by atoms with Crippen LogP contribution in [0.15, 0.2) is 36.4 Å². The molecular weight excluding hydrogens is 419 g/mol. The molecule has 0 atom stereocenters. The number of hydrogen-bond donors (Lipinski definition) is 1. The lowest BCUT2D eigenvalue weighted by atomic mass is 9.95. The number of carbonyl (C=O) groups excluding carboxylic acids is 1. The molecule has 0 aromatic heterocycles. The van der Waals surface area contributed by atoms with Crippen LogP contribution in [0, 0.1) is 5.92 Å². The molecule has 160 valence electrons. The topological polar surface area (TPSA) is 57.6 Å². The lowest BCUT2D eigenvalue weighted by Gasteiger charge is -2.23. The predicted molar refractivity (Wildman–Crippen MR) is 107 cm³/mol. The normalized spacial score (nSPS) is 13.9. The number of hydrogen-bond acceptors (Lipinski definition) is 2. The monoisotopic (exact) mass is 439 g/mol. The van der Waals surface area contributed by atoms with Crippen molar-refractivity contribution in [3.63, 3.8) is 0 Å². The van der Waals surface area contributed by atoms with Crippen molar-refractivity contribution in [3.05, 3.63) is 58.1 Å². The minimum absolute atomic E-state index is 0.0336. The molecule has 3 rings (SSSR count). The highest BCUT2D eigenvalue weighted by Crippen LogP contribution is 2.36. The molecule has 0 spiro atoms. The van der Waals surface area contributed by atoms with E-state index in [2.05, 4.69) is 0 Å². The third-order valence-corrected chi connectivity index (χ3v) is 5.26. The van der Waals surface area contributed by atoms with Crippen LogP contribution in [0.4, 0.5) is 13.2 Å². The highest BCUT2D eigenvalue weighted by Gasteiger charge is 2.34. The second kappa shape index (κ2) is 8.68.